The molecule has 0 fully saturated rings. The van der Waals surface area contributed by atoms with Crippen LogP contribution in [0, 0.1) is 6.92 Å². The second-order valence-corrected chi connectivity index (χ2v) is 8.27. The zero-order chi connectivity index (χ0) is 23.1. The smallest absolute Gasteiger partial charge is 0.263 e. The maximum Gasteiger partial charge on any atom is 0.263 e. The van der Waals surface area contributed by atoms with Crippen molar-refractivity contribution in [3.05, 3.63) is 76.8 Å². The first-order valence-corrected chi connectivity index (χ1v) is 11.1. The predicted octanol–water partition coefficient (Wildman–Crippen LogP) is 5.65. The number of halogens is 1. The van der Waals surface area contributed by atoms with Crippen LogP contribution in [-0.2, 0) is 4.79 Å². The fourth-order valence-corrected chi connectivity index (χ4v) is 3.80. The van der Waals surface area contributed by atoms with E-state index in [0.29, 0.717) is 33.5 Å². The van der Waals surface area contributed by atoms with E-state index in [4.69, 9.17) is 21.1 Å². The fourth-order valence-electron chi connectivity index (χ4n) is 2.92. The van der Waals surface area contributed by atoms with Gasteiger partial charge in [0.25, 0.3) is 5.91 Å². The van der Waals surface area contributed by atoms with Crippen molar-refractivity contribution in [2.24, 2.45) is 0 Å². The molecule has 0 atom stereocenters. The Balaban J connectivity index is 1.58. The van der Waals surface area contributed by atoms with Crippen LogP contribution in [0.2, 0.25) is 5.02 Å². The van der Waals surface area contributed by atoms with E-state index in [1.165, 1.54) is 26.0 Å². The van der Waals surface area contributed by atoms with Gasteiger partial charge in [-0.2, -0.15) is 0 Å². The van der Waals surface area contributed by atoms with Gasteiger partial charge in [-0.15, -0.1) is 11.8 Å². The lowest BCUT2D eigenvalue weighted by Crippen LogP contribution is -2.14. The number of aryl methyl sites for hydroxylation is 1. The Morgan fingerprint density at radius 1 is 0.906 bits per heavy atom. The average molecular weight is 471 g/mol. The van der Waals surface area contributed by atoms with Crippen LogP contribution in [-0.4, -0.2) is 31.8 Å². The van der Waals surface area contributed by atoms with Crippen molar-refractivity contribution >= 4 is 46.6 Å². The van der Waals surface area contributed by atoms with Gasteiger partial charge in [-0.05, 0) is 61.0 Å². The number of amides is 2. The van der Waals surface area contributed by atoms with E-state index < -0.39 is 0 Å². The van der Waals surface area contributed by atoms with Crippen molar-refractivity contribution in [2.45, 2.75) is 11.8 Å². The Labute approximate surface area is 196 Å². The monoisotopic (exact) mass is 470 g/mol. The Bertz CT molecular complexity index is 1100. The van der Waals surface area contributed by atoms with Crippen LogP contribution in [0.1, 0.15) is 15.9 Å². The van der Waals surface area contributed by atoms with Crippen molar-refractivity contribution in [2.75, 3.05) is 30.6 Å². The molecule has 3 aromatic rings. The molecule has 3 aromatic carbocycles. The molecule has 0 aromatic heterocycles. The number of carbonyl (C=O) groups is 2. The molecule has 0 radical (unpaired) electrons. The minimum Gasteiger partial charge on any atom is -0.496 e. The predicted molar refractivity (Wildman–Crippen MR) is 129 cm³/mol. The van der Waals surface area contributed by atoms with E-state index in [-0.39, 0.29) is 17.6 Å². The Kier molecular flexibility index (Phi) is 8.03. The standard InChI is InChI=1S/C24H23ClN2O4S/c1-15-7-8-17(13-19(15)25)26-22(28)14-32-18-11-9-16(10-12-18)27-24(29)23-20(30-2)5-4-6-21(23)31-3/h4-13H,14H2,1-3H3,(H,26,28)(H,27,29). The minimum absolute atomic E-state index is 0.129. The van der Waals surface area contributed by atoms with Crippen LogP contribution >= 0.6 is 23.4 Å². The zero-order valence-electron chi connectivity index (χ0n) is 17.9. The largest absolute Gasteiger partial charge is 0.496 e. The molecule has 0 saturated heterocycles. The van der Waals surface area contributed by atoms with Gasteiger partial charge in [-0.1, -0.05) is 23.7 Å². The van der Waals surface area contributed by atoms with Gasteiger partial charge in [0.05, 0.1) is 20.0 Å². The van der Waals surface area contributed by atoms with Crippen LogP contribution in [0.15, 0.2) is 65.6 Å². The van der Waals surface area contributed by atoms with E-state index in [2.05, 4.69) is 10.6 Å². The van der Waals surface area contributed by atoms with Crippen LogP contribution < -0.4 is 20.1 Å². The van der Waals surface area contributed by atoms with E-state index in [1.54, 1.807) is 36.4 Å². The molecule has 0 bridgehead atoms. The normalized spacial score (nSPS) is 10.4. The van der Waals surface area contributed by atoms with E-state index in [9.17, 15) is 9.59 Å². The van der Waals surface area contributed by atoms with Crippen molar-refractivity contribution < 1.29 is 19.1 Å². The third kappa shape index (κ3) is 5.96. The SMILES string of the molecule is COc1cccc(OC)c1C(=O)Nc1ccc(SCC(=O)Nc2ccc(C)c(Cl)c2)cc1. The topological polar surface area (TPSA) is 76.7 Å². The molecule has 2 N–H and O–H groups in total. The number of thioether (sulfide) groups is 1. The molecule has 6 nitrogen and oxygen atoms in total. The van der Waals surface area contributed by atoms with E-state index in [0.717, 1.165) is 10.5 Å². The molecule has 3 rings (SSSR count). The number of methoxy groups -OCH3 is 2. The number of hydrogen-bond donors (Lipinski definition) is 2. The number of rotatable bonds is 8. The summed E-state index contributed by atoms with van der Waals surface area (Å²) in [6.45, 7) is 1.91. The minimum atomic E-state index is -0.337. The summed E-state index contributed by atoms with van der Waals surface area (Å²) < 4.78 is 10.6. The maximum atomic E-state index is 12.8. The van der Waals surface area contributed by atoms with Crippen molar-refractivity contribution in [1.29, 1.82) is 0 Å². The van der Waals surface area contributed by atoms with Gasteiger partial charge in [0.2, 0.25) is 5.91 Å². The third-order valence-corrected chi connectivity index (χ3v) is 6.01. The summed E-state index contributed by atoms with van der Waals surface area (Å²) in [4.78, 5) is 25.9. The molecular formula is C24H23ClN2O4S. The number of hydrogen-bond acceptors (Lipinski definition) is 5. The lowest BCUT2D eigenvalue weighted by Gasteiger charge is -2.13. The average Bonchev–Trinajstić information content (AvgIpc) is 2.80. The third-order valence-electron chi connectivity index (χ3n) is 4.59. The van der Waals surface area contributed by atoms with Crippen LogP contribution in [0.25, 0.3) is 0 Å². The first-order valence-electron chi connectivity index (χ1n) is 9.72. The van der Waals surface area contributed by atoms with Crippen molar-refractivity contribution in [3.63, 3.8) is 0 Å². The molecule has 32 heavy (non-hydrogen) atoms. The molecule has 0 unspecified atom stereocenters. The molecule has 0 aliphatic heterocycles. The lowest BCUT2D eigenvalue weighted by molar-refractivity contribution is -0.113. The summed E-state index contributed by atoms with van der Waals surface area (Å²) in [5.74, 6) is 0.631. The van der Waals surface area contributed by atoms with E-state index in [1.807, 2.05) is 31.2 Å². The Hall–Kier alpha value is -3.16. The Morgan fingerprint density at radius 2 is 1.53 bits per heavy atom. The molecule has 166 valence electrons. The summed E-state index contributed by atoms with van der Waals surface area (Å²) in [5, 5.41) is 6.28. The number of anilines is 2. The molecule has 0 saturated carbocycles. The summed E-state index contributed by atoms with van der Waals surface area (Å²) in [6.07, 6.45) is 0. The molecular weight excluding hydrogens is 448 g/mol. The highest BCUT2D eigenvalue weighted by Gasteiger charge is 2.18. The highest BCUT2D eigenvalue weighted by atomic mass is 35.5. The summed E-state index contributed by atoms with van der Waals surface area (Å²) in [5.41, 5.74) is 2.56. The highest BCUT2D eigenvalue weighted by molar-refractivity contribution is 8.00. The molecule has 2 amide bonds. The maximum absolute atomic E-state index is 12.8. The molecule has 0 aliphatic rings. The number of carbonyl (C=O) groups excluding carboxylic acids is 2. The lowest BCUT2D eigenvalue weighted by atomic mass is 10.1. The zero-order valence-corrected chi connectivity index (χ0v) is 19.5. The van der Waals surface area contributed by atoms with Crippen molar-refractivity contribution in [3.8, 4) is 11.5 Å². The molecule has 0 heterocycles. The Morgan fingerprint density at radius 3 is 2.12 bits per heavy atom. The van der Waals surface area contributed by atoms with Gasteiger partial charge in [-0.3, -0.25) is 9.59 Å². The fraction of sp³-hybridized carbons (Fsp3) is 0.167. The number of benzene rings is 3. The van der Waals surface area contributed by atoms with Crippen LogP contribution in [0.4, 0.5) is 11.4 Å². The van der Waals surface area contributed by atoms with Crippen molar-refractivity contribution in [1.82, 2.24) is 0 Å². The number of nitrogens with one attached hydrogen (secondary N) is 2. The van der Waals surface area contributed by atoms with Gasteiger partial charge in [-0.25, -0.2) is 0 Å². The first kappa shape index (κ1) is 23.5. The second kappa shape index (κ2) is 10.9. The van der Waals surface area contributed by atoms with Crippen LogP contribution in [0.5, 0.6) is 11.5 Å². The molecule has 0 aliphatic carbocycles. The second-order valence-electron chi connectivity index (χ2n) is 6.82. The van der Waals surface area contributed by atoms with Crippen LogP contribution in [0.3, 0.4) is 0 Å². The van der Waals surface area contributed by atoms with E-state index >= 15 is 0 Å². The van der Waals surface area contributed by atoms with Gasteiger partial charge < -0.3 is 20.1 Å². The van der Waals surface area contributed by atoms with Gasteiger partial charge >= 0.3 is 0 Å². The number of ether oxygens (including phenoxy) is 2. The van der Waals surface area contributed by atoms with Gasteiger partial charge in [0, 0.05) is 21.3 Å². The van der Waals surface area contributed by atoms with Gasteiger partial charge in [0.1, 0.15) is 17.1 Å². The molecule has 8 heteroatoms. The highest BCUT2D eigenvalue weighted by Crippen LogP contribution is 2.29. The quantitative estimate of drug-likeness (QED) is 0.416. The van der Waals surface area contributed by atoms with Gasteiger partial charge in [0.15, 0.2) is 0 Å². The summed E-state index contributed by atoms with van der Waals surface area (Å²) >= 11 is 7.49. The summed E-state index contributed by atoms with van der Waals surface area (Å²) in [6, 6.07) is 17.8. The molecule has 0 spiro atoms. The first-order chi connectivity index (χ1) is 15.4. The summed E-state index contributed by atoms with van der Waals surface area (Å²) in [7, 11) is 3.00.